The van der Waals surface area contributed by atoms with Crippen LogP contribution in [0.5, 0.6) is 0 Å². The lowest BCUT2D eigenvalue weighted by molar-refractivity contribution is -0.207. The Morgan fingerprint density at radius 3 is 2.33 bits per heavy atom. The molecule has 0 rings (SSSR count). The largest absolute Gasteiger partial charge is 0.359 e. The van der Waals surface area contributed by atoms with E-state index in [1.165, 1.54) is 7.11 Å². The van der Waals surface area contributed by atoms with Crippen molar-refractivity contribution in [3.05, 3.63) is 0 Å². The highest BCUT2D eigenvalue weighted by molar-refractivity contribution is 4.43. The number of rotatable bonds is 4. The third-order valence-corrected chi connectivity index (χ3v) is 0.894. The third-order valence-electron chi connectivity index (χ3n) is 0.894. The Morgan fingerprint density at radius 1 is 1.44 bits per heavy atom. The maximum Gasteiger partial charge on any atom is 0.196 e. The minimum atomic E-state index is -0.954. The van der Waals surface area contributed by atoms with E-state index in [4.69, 9.17) is 0 Å². The molecule has 0 aliphatic rings. The first kappa shape index (κ1) is 8.88. The zero-order chi connectivity index (χ0) is 7.28. The van der Waals surface area contributed by atoms with Crippen molar-refractivity contribution in [3.8, 4) is 0 Å². The lowest BCUT2D eigenvalue weighted by Gasteiger charge is -2.11. The van der Waals surface area contributed by atoms with Gasteiger partial charge in [0.1, 0.15) is 6.79 Å². The summed E-state index contributed by atoms with van der Waals surface area (Å²) in [7, 11) is 1.49. The molecule has 0 aromatic carbocycles. The van der Waals surface area contributed by atoms with E-state index in [1.807, 2.05) is 13.8 Å². The van der Waals surface area contributed by atoms with Crippen LogP contribution in [-0.4, -0.2) is 20.2 Å². The lowest BCUT2D eigenvalue weighted by Crippen LogP contribution is -2.18. The van der Waals surface area contributed by atoms with Crippen LogP contribution in [-0.2, 0) is 14.6 Å². The molecule has 0 aliphatic carbocycles. The average molecular weight is 133 g/mol. The topological polar surface area (TPSA) is 38.4 Å². The Bertz CT molecular complexity index is 63.3. The molecule has 0 aromatic heterocycles. The zero-order valence-electron chi connectivity index (χ0n) is 6.09. The summed E-state index contributed by atoms with van der Waals surface area (Å²) < 4.78 is 9.22. The summed E-state index contributed by atoms with van der Waals surface area (Å²) in [6.45, 7) is 3.72. The van der Waals surface area contributed by atoms with Crippen LogP contribution < -0.4 is 0 Å². The SMILES string of the molecule is COCOC([O])C(C)C. The van der Waals surface area contributed by atoms with Crippen LogP contribution >= 0.6 is 0 Å². The fourth-order valence-corrected chi connectivity index (χ4v) is 0.328. The maximum atomic E-state index is 10.7. The van der Waals surface area contributed by atoms with Gasteiger partial charge in [-0.3, -0.25) is 0 Å². The van der Waals surface area contributed by atoms with Crippen molar-refractivity contribution < 1.29 is 14.6 Å². The monoisotopic (exact) mass is 133 g/mol. The first-order valence-electron chi connectivity index (χ1n) is 2.95. The van der Waals surface area contributed by atoms with Gasteiger partial charge < -0.3 is 9.47 Å². The normalized spacial score (nSPS) is 14.3. The summed E-state index contributed by atoms with van der Waals surface area (Å²) in [4.78, 5) is 0. The molecule has 0 aromatic rings. The zero-order valence-corrected chi connectivity index (χ0v) is 6.09. The average Bonchev–Trinajstić information content (AvgIpc) is 1.82. The highest BCUT2D eigenvalue weighted by Crippen LogP contribution is 2.02. The summed E-state index contributed by atoms with van der Waals surface area (Å²) >= 11 is 0. The summed E-state index contributed by atoms with van der Waals surface area (Å²) in [6, 6.07) is 0. The molecule has 0 bridgehead atoms. The minimum absolute atomic E-state index is 0.0140. The minimum Gasteiger partial charge on any atom is -0.359 e. The van der Waals surface area contributed by atoms with Crippen molar-refractivity contribution in [3.63, 3.8) is 0 Å². The van der Waals surface area contributed by atoms with Gasteiger partial charge in [0.2, 0.25) is 0 Å². The van der Waals surface area contributed by atoms with Crippen molar-refractivity contribution in [1.29, 1.82) is 0 Å². The van der Waals surface area contributed by atoms with E-state index in [1.54, 1.807) is 0 Å². The second-order valence-corrected chi connectivity index (χ2v) is 2.19. The number of hydrogen-bond donors (Lipinski definition) is 0. The fraction of sp³-hybridized carbons (Fsp3) is 1.00. The molecule has 3 heteroatoms. The lowest BCUT2D eigenvalue weighted by atomic mass is 10.2. The van der Waals surface area contributed by atoms with Crippen LogP contribution in [0.25, 0.3) is 0 Å². The van der Waals surface area contributed by atoms with E-state index in [9.17, 15) is 5.11 Å². The molecular weight excluding hydrogens is 120 g/mol. The molecule has 9 heavy (non-hydrogen) atoms. The van der Waals surface area contributed by atoms with Gasteiger partial charge in [0.25, 0.3) is 0 Å². The van der Waals surface area contributed by atoms with Crippen molar-refractivity contribution in [1.82, 2.24) is 0 Å². The van der Waals surface area contributed by atoms with Crippen LogP contribution in [0, 0.1) is 5.92 Å². The molecule has 55 valence electrons. The van der Waals surface area contributed by atoms with Crippen LogP contribution in [0.4, 0.5) is 0 Å². The summed E-state index contributed by atoms with van der Waals surface area (Å²) in [6.07, 6.45) is -0.954. The van der Waals surface area contributed by atoms with Gasteiger partial charge in [-0.2, -0.15) is 0 Å². The van der Waals surface area contributed by atoms with Crippen LogP contribution in [0.3, 0.4) is 0 Å². The Morgan fingerprint density at radius 2 is 2.00 bits per heavy atom. The Kier molecular flexibility index (Phi) is 4.67. The van der Waals surface area contributed by atoms with Gasteiger partial charge in [-0.25, -0.2) is 5.11 Å². The molecule has 0 N–H and O–H groups in total. The van der Waals surface area contributed by atoms with E-state index in [2.05, 4.69) is 9.47 Å². The standard InChI is InChI=1S/C6H13O3/c1-5(2)6(7)9-4-8-3/h5-6H,4H2,1-3H3. The number of ether oxygens (including phenoxy) is 2. The molecule has 0 aliphatic heterocycles. The predicted octanol–water partition coefficient (Wildman–Crippen LogP) is 1.02. The van der Waals surface area contributed by atoms with Gasteiger partial charge in [-0.15, -0.1) is 0 Å². The van der Waals surface area contributed by atoms with Gasteiger partial charge >= 0.3 is 0 Å². The molecule has 0 saturated carbocycles. The molecular formula is C6H13O3. The number of hydrogen-bond acceptors (Lipinski definition) is 2. The maximum absolute atomic E-state index is 10.7. The smallest absolute Gasteiger partial charge is 0.196 e. The Balaban J connectivity index is 3.16. The van der Waals surface area contributed by atoms with Crippen molar-refractivity contribution in [2.75, 3.05) is 13.9 Å². The summed E-state index contributed by atoms with van der Waals surface area (Å²) in [5.41, 5.74) is 0. The molecule has 0 fully saturated rings. The fourth-order valence-electron chi connectivity index (χ4n) is 0.328. The molecule has 0 amide bonds. The Hall–Kier alpha value is -0.120. The van der Waals surface area contributed by atoms with Gasteiger partial charge in [-0.05, 0) is 0 Å². The van der Waals surface area contributed by atoms with Gasteiger partial charge in [0.15, 0.2) is 6.29 Å². The van der Waals surface area contributed by atoms with Gasteiger partial charge in [0.05, 0.1) is 0 Å². The third kappa shape index (κ3) is 4.39. The molecule has 0 spiro atoms. The first-order chi connectivity index (χ1) is 4.18. The molecule has 0 heterocycles. The molecule has 1 radical (unpaired) electrons. The van der Waals surface area contributed by atoms with E-state index < -0.39 is 6.29 Å². The van der Waals surface area contributed by atoms with Crippen LogP contribution in [0.2, 0.25) is 0 Å². The van der Waals surface area contributed by atoms with E-state index in [0.717, 1.165) is 0 Å². The van der Waals surface area contributed by atoms with Gasteiger partial charge in [0, 0.05) is 13.0 Å². The van der Waals surface area contributed by atoms with E-state index in [-0.39, 0.29) is 12.7 Å². The summed E-state index contributed by atoms with van der Waals surface area (Å²) in [5.74, 6) is 0.0140. The predicted molar refractivity (Wildman–Crippen MR) is 32.3 cm³/mol. The second-order valence-electron chi connectivity index (χ2n) is 2.19. The first-order valence-corrected chi connectivity index (χ1v) is 2.95. The molecule has 1 atom stereocenters. The second kappa shape index (κ2) is 4.73. The van der Waals surface area contributed by atoms with Crippen molar-refractivity contribution in [2.45, 2.75) is 20.1 Å². The van der Waals surface area contributed by atoms with Crippen LogP contribution in [0.1, 0.15) is 13.8 Å². The van der Waals surface area contributed by atoms with Crippen molar-refractivity contribution >= 4 is 0 Å². The van der Waals surface area contributed by atoms with E-state index in [0.29, 0.717) is 0 Å². The number of methoxy groups -OCH3 is 1. The van der Waals surface area contributed by atoms with Crippen LogP contribution in [0.15, 0.2) is 0 Å². The molecule has 1 unspecified atom stereocenters. The Labute approximate surface area is 55.6 Å². The highest BCUT2D eigenvalue weighted by atomic mass is 16.7. The quantitative estimate of drug-likeness (QED) is 0.537. The summed E-state index contributed by atoms with van der Waals surface area (Å²) in [5, 5.41) is 10.7. The van der Waals surface area contributed by atoms with Gasteiger partial charge in [-0.1, -0.05) is 13.8 Å². The highest BCUT2D eigenvalue weighted by Gasteiger charge is 2.09. The molecule has 0 saturated heterocycles. The van der Waals surface area contributed by atoms with Crippen molar-refractivity contribution in [2.24, 2.45) is 5.92 Å². The molecule has 3 nitrogen and oxygen atoms in total. The van der Waals surface area contributed by atoms with E-state index >= 15 is 0 Å².